The van der Waals surface area contributed by atoms with E-state index in [4.69, 9.17) is 22.6 Å². The first-order valence-electron chi connectivity index (χ1n) is 10.7. The molecule has 0 radical (unpaired) electrons. The van der Waals surface area contributed by atoms with Crippen molar-refractivity contribution in [2.45, 2.75) is 73.1 Å². The number of aromatic hydroxyl groups is 1. The summed E-state index contributed by atoms with van der Waals surface area (Å²) in [6.45, 7) is 21.5. The molecule has 0 spiro atoms. The minimum Gasteiger partial charge on any atom is -0.507 e. The number of phenolic OH excluding ortho intramolecular Hbond substituents is 1. The van der Waals surface area contributed by atoms with Crippen molar-refractivity contribution in [2.24, 2.45) is 0 Å². The molecule has 1 atom stereocenters. The SMILES string of the molecule is CCOP(C)O/C(=C/c1cc(C(C)(C)C)c(O)c(C(C)(C)C)c1)OP(OCC)OCC. The first kappa shape index (κ1) is 28.1. The van der Waals surface area contributed by atoms with Gasteiger partial charge in [-0.15, -0.1) is 0 Å². The summed E-state index contributed by atoms with van der Waals surface area (Å²) in [6.07, 6.45) is 1.81. The maximum atomic E-state index is 11.0. The van der Waals surface area contributed by atoms with E-state index in [-0.39, 0.29) is 16.8 Å². The van der Waals surface area contributed by atoms with Crippen LogP contribution >= 0.6 is 17.0 Å². The Labute approximate surface area is 191 Å². The quantitative estimate of drug-likeness (QED) is 0.263. The van der Waals surface area contributed by atoms with Gasteiger partial charge in [-0.25, -0.2) is 0 Å². The molecule has 0 amide bonds. The summed E-state index contributed by atoms with van der Waals surface area (Å²) in [6, 6.07) is 3.94. The van der Waals surface area contributed by atoms with Gasteiger partial charge in [0.2, 0.25) is 8.38 Å². The zero-order chi connectivity index (χ0) is 23.8. The van der Waals surface area contributed by atoms with Gasteiger partial charge in [0.1, 0.15) is 5.75 Å². The highest BCUT2D eigenvalue weighted by atomic mass is 31.2. The van der Waals surface area contributed by atoms with Crippen LogP contribution in [0.1, 0.15) is 79.0 Å². The lowest BCUT2D eigenvalue weighted by atomic mass is 9.78. The van der Waals surface area contributed by atoms with Crippen molar-refractivity contribution in [2.75, 3.05) is 26.5 Å². The average Bonchev–Trinajstić information content (AvgIpc) is 2.61. The Balaban J connectivity index is 3.51. The zero-order valence-corrected chi connectivity index (χ0v) is 22.5. The molecular formula is C23H40O6P2. The highest BCUT2D eigenvalue weighted by Gasteiger charge is 2.27. The van der Waals surface area contributed by atoms with Gasteiger partial charge in [0.25, 0.3) is 5.95 Å². The van der Waals surface area contributed by atoms with Crippen LogP contribution in [-0.2, 0) is 33.4 Å². The fourth-order valence-electron chi connectivity index (χ4n) is 2.80. The van der Waals surface area contributed by atoms with Gasteiger partial charge in [0.15, 0.2) is 0 Å². The van der Waals surface area contributed by atoms with E-state index >= 15 is 0 Å². The molecule has 0 bridgehead atoms. The third kappa shape index (κ3) is 9.24. The molecule has 0 saturated heterocycles. The summed E-state index contributed by atoms with van der Waals surface area (Å²) in [5.41, 5.74) is 2.13. The maximum absolute atomic E-state index is 11.0. The molecule has 8 heteroatoms. The second kappa shape index (κ2) is 12.4. The first-order valence-corrected chi connectivity index (χ1v) is 13.4. The number of phenols is 1. The predicted molar refractivity (Wildman–Crippen MR) is 130 cm³/mol. The lowest BCUT2D eigenvalue weighted by Crippen LogP contribution is -2.17. The Bertz CT molecular complexity index is 681. The van der Waals surface area contributed by atoms with Crippen molar-refractivity contribution in [1.29, 1.82) is 0 Å². The average molecular weight is 475 g/mol. The smallest absolute Gasteiger partial charge is 0.399 e. The van der Waals surface area contributed by atoms with E-state index in [0.29, 0.717) is 25.6 Å². The summed E-state index contributed by atoms with van der Waals surface area (Å²) < 4.78 is 28.7. The van der Waals surface area contributed by atoms with Crippen LogP contribution in [0.5, 0.6) is 5.75 Å². The molecule has 1 aromatic rings. The molecule has 1 N–H and O–H groups in total. The van der Waals surface area contributed by atoms with E-state index in [9.17, 15) is 5.11 Å². The number of hydrogen-bond donors (Lipinski definition) is 1. The van der Waals surface area contributed by atoms with Crippen molar-refractivity contribution < 1.29 is 27.7 Å². The lowest BCUT2D eigenvalue weighted by molar-refractivity contribution is 0.150. The highest BCUT2D eigenvalue weighted by molar-refractivity contribution is 7.46. The molecular weight excluding hydrogens is 434 g/mol. The Morgan fingerprint density at radius 3 is 1.68 bits per heavy atom. The summed E-state index contributed by atoms with van der Waals surface area (Å²) in [5.74, 6) is 0.610. The minimum absolute atomic E-state index is 0.234. The molecule has 1 unspecified atom stereocenters. The van der Waals surface area contributed by atoms with Crippen LogP contribution in [0.2, 0.25) is 0 Å². The van der Waals surface area contributed by atoms with Crippen molar-refractivity contribution in [3.05, 3.63) is 34.8 Å². The third-order valence-electron chi connectivity index (χ3n) is 4.20. The Morgan fingerprint density at radius 1 is 0.839 bits per heavy atom. The molecule has 0 aliphatic heterocycles. The van der Waals surface area contributed by atoms with E-state index in [1.807, 2.05) is 45.6 Å². The normalized spacial score (nSPS) is 14.1. The van der Waals surface area contributed by atoms with E-state index in [2.05, 4.69) is 41.5 Å². The third-order valence-corrected chi connectivity index (χ3v) is 6.52. The summed E-state index contributed by atoms with van der Waals surface area (Å²) in [7, 11) is -2.77. The summed E-state index contributed by atoms with van der Waals surface area (Å²) >= 11 is 0. The zero-order valence-electron chi connectivity index (χ0n) is 20.7. The predicted octanol–water partition coefficient (Wildman–Crippen LogP) is 7.60. The van der Waals surface area contributed by atoms with Crippen LogP contribution in [0.3, 0.4) is 0 Å². The van der Waals surface area contributed by atoms with Gasteiger partial charge in [-0.3, -0.25) is 0 Å². The second-order valence-corrected chi connectivity index (χ2v) is 11.5. The van der Waals surface area contributed by atoms with Gasteiger partial charge in [0.05, 0.1) is 19.8 Å². The molecule has 0 aliphatic carbocycles. The standard InChI is InChI=1S/C23H40O6P2/c1-11-25-30(10)28-20(29-31(26-12-2)27-13-3)16-17-14-18(22(4,5)6)21(24)19(15-17)23(7,8)9/h14-16,24H,11-13H2,1-10H3/b20-16-. The van der Waals surface area contributed by atoms with Crippen LogP contribution < -0.4 is 0 Å². The van der Waals surface area contributed by atoms with Gasteiger partial charge in [-0.1, -0.05) is 41.5 Å². The van der Waals surface area contributed by atoms with E-state index in [1.165, 1.54) is 0 Å². The molecule has 0 saturated carbocycles. The second-order valence-electron chi connectivity index (χ2n) is 9.03. The van der Waals surface area contributed by atoms with Crippen molar-refractivity contribution in [3.8, 4) is 5.75 Å². The molecule has 0 fully saturated rings. The topological polar surface area (TPSA) is 66.4 Å². The largest absolute Gasteiger partial charge is 0.507 e. The van der Waals surface area contributed by atoms with Crippen molar-refractivity contribution in [1.82, 2.24) is 0 Å². The molecule has 1 rings (SSSR count). The van der Waals surface area contributed by atoms with Crippen LogP contribution in [0.4, 0.5) is 0 Å². The molecule has 0 heterocycles. The van der Waals surface area contributed by atoms with Crippen molar-refractivity contribution >= 4 is 23.1 Å². The number of benzene rings is 1. The molecule has 178 valence electrons. The fourth-order valence-corrected chi connectivity index (χ4v) is 4.46. The van der Waals surface area contributed by atoms with E-state index < -0.39 is 17.0 Å². The first-order chi connectivity index (χ1) is 14.3. The maximum Gasteiger partial charge on any atom is 0.399 e. The van der Waals surface area contributed by atoms with Gasteiger partial charge in [0, 0.05) is 23.9 Å². The van der Waals surface area contributed by atoms with Crippen molar-refractivity contribution in [3.63, 3.8) is 0 Å². The van der Waals surface area contributed by atoms with Gasteiger partial charge < -0.3 is 27.7 Å². The van der Waals surface area contributed by atoms with Crippen LogP contribution in [-0.4, -0.2) is 31.6 Å². The van der Waals surface area contributed by atoms with Gasteiger partial charge in [-0.05, 0) is 49.3 Å². The lowest BCUT2D eigenvalue weighted by Gasteiger charge is -2.28. The number of rotatable bonds is 11. The monoisotopic (exact) mass is 474 g/mol. The van der Waals surface area contributed by atoms with Crippen LogP contribution in [0.15, 0.2) is 18.1 Å². The Morgan fingerprint density at radius 2 is 1.29 bits per heavy atom. The molecule has 0 aromatic heterocycles. The molecule has 31 heavy (non-hydrogen) atoms. The Kier molecular flexibility index (Phi) is 11.2. The highest BCUT2D eigenvalue weighted by Crippen LogP contribution is 2.47. The van der Waals surface area contributed by atoms with Crippen LogP contribution in [0, 0.1) is 0 Å². The van der Waals surface area contributed by atoms with Crippen LogP contribution in [0.25, 0.3) is 6.08 Å². The van der Waals surface area contributed by atoms with E-state index in [1.54, 1.807) is 0 Å². The van der Waals surface area contributed by atoms with Gasteiger partial charge >= 0.3 is 8.60 Å². The molecule has 1 aromatic carbocycles. The number of hydrogen-bond acceptors (Lipinski definition) is 6. The Hall–Kier alpha value is -0.900. The minimum atomic E-state index is -1.59. The fraction of sp³-hybridized carbons (Fsp3) is 0.652. The molecule has 6 nitrogen and oxygen atoms in total. The van der Waals surface area contributed by atoms with Gasteiger partial charge in [-0.2, -0.15) is 0 Å². The van der Waals surface area contributed by atoms with E-state index in [0.717, 1.165) is 16.7 Å². The molecule has 0 aliphatic rings. The summed E-state index contributed by atoms with van der Waals surface area (Å²) in [4.78, 5) is 0. The summed E-state index contributed by atoms with van der Waals surface area (Å²) in [5, 5.41) is 11.0.